The average molecular weight is 244 g/mol. The van der Waals surface area contributed by atoms with Crippen LogP contribution in [0.2, 0.25) is 0 Å². The second kappa shape index (κ2) is 6.50. The van der Waals surface area contributed by atoms with Gasteiger partial charge in [0.05, 0.1) is 0 Å². The van der Waals surface area contributed by atoms with Crippen molar-refractivity contribution in [3.63, 3.8) is 0 Å². The largest absolute Gasteiger partial charge is 0.354 e. The van der Waals surface area contributed by atoms with E-state index in [1.165, 1.54) is 19.3 Å². The van der Waals surface area contributed by atoms with E-state index in [9.17, 15) is 4.79 Å². The fraction of sp³-hybridized carbons (Fsp3) is 0.917. The van der Waals surface area contributed by atoms with Crippen LogP contribution in [0.4, 0.5) is 0 Å². The summed E-state index contributed by atoms with van der Waals surface area (Å²) in [6.45, 7) is 3.49. The van der Waals surface area contributed by atoms with Gasteiger partial charge in [0.1, 0.15) is 0 Å². The van der Waals surface area contributed by atoms with E-state index < -0.39 is 0 Å². The summed E-state index contributed by atoms with van der Waals surface area (Å²) >= 11 is 1.90. The lowest BCUT2D eigenvalue weighted by molar-refractivity contribution is -0.124. The quantitative estimate of drug-likeness (QED) is 0.717. The summed E-state index contributed by atoms with van der Waals surface area (Å²) in [7, 11) is 0. The molecule has 1 atom stereocenters. The normalized spacial score (nSPS) is 19.9. The Labute approximate surface area is 103 Å². The number of hydrogen-bond acceptors (Lipinski definition) is 3. The highest BCUT2D eigenvalue weighted by atomic mass is 32.2. The van der Waals surface area contributed by atoms with Crippen molar-refractivity contribution in [3.05, 3.63) is 0 Å². The molecule has 0 aromatic heterocycles. The van der Waals surface area contributed by atoms with Gasteiger partial charge < -0.3 is 11.1 Å². The van der Waals surface area contributed by atoms with Gasteiger partial charge in [-0.15, -0.1) is 0 Å². The molecule has 0 aromatic carbocycles. The number of nitrogens with two attached hydrogens (primary N) is 1. The smallest absolute Gasteiger partial charge is 0.222 e. The lowest BCUT2D eigenvalue weighted by atomic mass is 9.84. The summed E-state index contributed by atoms with van der Waals surface area (Å²) in [6.07, 6.45) is 7.76. The molecule has 16 heavy (non-hydrogen) atoms. The molecule has 1 saturated carbocycles. The molecule has 0 radical (unpaired) electrons. The van der Waals surface area contributed by atoms with Crippen molar-refractivity contribution in [3.8, 4) is 0 Å². The molecule has 1 amide bonds. The Bertz CT molecular complexity index is 224. The van der Waals surface area contributed by atoms with Crippen molar-refractivity contribution in [1.29, 1.82) is 0 Å². The van der Waals surface area contributed by atoms with Crippen LogP contribution in [0.25, 0.3) is 0 Å². The molecular weight excluding hydrogens is 220 g/mol. The Balaban J connectivity index is 2.23. The fourth-order valence-electron chi connectivity index (χ4n) is 2.00. The molecule has 1 fully saturated rings. The first-order chi connectivity index (χ1) is 7.63. The summed E-state index contributed by atoms with van der Waals surface area (Å²) in [5.41, 5.74) is 5.44. The lowest BCUT2D eigenvalue weighted by Crippen LogP contribution is -2.46. The minimum absolute atomic E-state index is 0.0996. The zero-order valence-corrected chi connectivity index (χ0v) is 11.2. The zero-order valence-electron chi connectivity index (χ0n) is 10.4. The molecule has 0 spiro atoms. The van der Waals surface area contributed by atoms with Gasteiger partial charge in [0.25, 0.3) is 0 Å². The van der Waals surface area contributed by atoms with E-state index in [1.807, 2.05) is 18.7 Å². The van der Waals surface area contributed by atoms with Crippen LogP contribution in [-0.2, 0) is 4.79 Å². The molecule has 0 saturated heterocycles. The van der Waals surface area contributed by atoms with Crippen molar-refractivity contribution in [2.75, 3.05) is 19.3 Å². The van der Waals surface area contributed by atoms with Gasteiger partial charge in [-0.05, 0) is 38.5 Å². The van der Waals surface area contributed by atoms with Crippen molar-refractivity contribution < 1.29 is 4.79 Å². The Hall–Kier alpha value is -0.220. The van der Waals surface area contributed by atoms with Crippen LogP contribution in [-0.4, -0.2) is 30.0 Å². The van der Waals surface area contributed by atoms with Crippen LogP contribution < -0.4 is 11.1 Å². The molecular formula is C12H24N2OS. The van der Waals surface area contributed by atoms with Crippen molar-refractivity contribution in [2.45, 2.75) is 43.8 Å². The maximum absolute atomic E-state index is 11.8. The third-order valence-corrected chi connectivity index (χ3v) is 4.99. The van der Waals surface area contributed by atoms with E-state index >= 15 is 0 Å². The van der Waals surface area contributed by atoms with Crippen molar-refractivity contribution >= 4 is 17.7 Å². The molecule has 3 nitrogen and oxygen atoms in total. The second-order valence-corrected chi connectivity index (χ2v) is 6.06. The molecule has 0 aliphatic heterocycles. The second-order valence-electron chi connectivity index (χ2n) is 4.79. The van der Waals surface area contributed by atoms with E-state index in [2.05, 4.69) is 11.6 Å². The Morgan fingerprint density at radius 2 is 2.25 bits per heavy atom. The number of rotatable bonds is 7. The zero-order chi connectivity index (χ0) is 12.0. The highest BCUT2D eigenvalue weighted by Gasteiger charge is 2.36. The minimum Gasteiger partial charge on any atom is -0.354 e. The number of carbonyl (C=O) groups excluding carboxylic acids is 1. The fourth-order valence-corrected chi connectivity index (χ4v) is 2.92. The third-order valence-electron chi connectivity index (χ3n) is 3.57. The lowest BCUT2D eigenvalue weighted by Gasteiger charge is -2.40. The van der Waals surface area contributed by atoms with Gasteiger partial charge >= 0.3 is 0 Å². The highest BCUT2D eigenvalue weighted by molar-refractivity contribution is 8.00. The molecule has 0 aromatic rings. The van der Waals surface area contributed by atoms with Gasteiger partial charge in [-0.3, -0.25) is 4.79 Å². The van der Waals surface area contributed by atoms with Crippen LogP contribution in [0.5, 0.6) is 0 Å². The molecule has 0 heterocycles. The van der Waals surface area contributed by atoms with E-state index in [-0.39, 0.29) is 11.8 Å². The van der Waals surface area contributed by atoms with E-state index in [0.29, 0.717) is 11.3 Å². The summed E-state index contributed by atoms with van der Waals surface area (Å²) < 4.78 is 0.337. The maximum Gasteiger partial charge on any atom is 0.222 e. The SMILES string of the molecule is CSC1(CNC(=O)C(C)CCCN)CCC1. The third kappa shape index (κ3) is 3.67. The number of thioether (sulfide) groups is 1. The highest BCUT2D eigenvalue weighted by Crippen LogP contribution is 2.42. The topological polar surface area (TPSA) is 55.1 Å². The van der Waals surface area contributed by atoms with Crippen LogP contribution in [0, 0.1) is 5.92 Å². The molecule has 1 rings (SSSR count). The molecule has 1 unspecified atom stereocenters. The van der Waals surface area contributed by atoms with Crippen LogP contribution >= 0.6 is 11.8 Å². The van der Waals surface area contributed by atoms with E-state index in [0.717, 1.165) is 19.4 Å². The molecule has 94 valence electrons. The van der Waals surface area contributed by atoms with Gasteiger partial charge in [-0.25, -0.2) is 0 Å². The summed E-state index contributed by atoms with van der Waals surface area (Å²) in [5, 5.41) is 3.08. The molecule has 1 aliphatic rings. The number of nitrogens with one attached hydrogen (secondary N) is 1. The Morgan fingerprint density at radius 3 is 2.69 bits per heavy atom. The first-order valence-electron chi connectivity index (χ1n) is 6.16. The number of amides is 1. The Kier molecular flexibility index (Phi) is 5.62. The van der Waals surface area contributed by atoms with Crippen LogP contribution in [0.1, 0.15) is 39.0 Å². The molecule has 3 N–H and O–H groups in total. The van der Waals surface area contributed by atoms with E-state index in [1.54, 1.807) is 0 Å². The van der Waals surface area contributed by atoms with Gasteiger partial charge in [0.15, 0.2) is 0 Å². The summed E-state index contributed by atoms with van der Waals surface area (Å²) in [6, 6.07) is 0. The van der Waals surface area contributed by atoms with Gasteiger partial charge in [-0.1, -0.05) is 13.3 Å². The first kappa shape index (κ1) is 13.8. The Morgan fingerprint density at radius 1 is 1.56 bits per heavy atom. The van der Waals surface area contributed by atoms with E-state index in [4.69, 9.17) is 5.73 Å². The molecule has 4 heteroatoms. The predicted octanol–water partition coefficient (Wildman–Crippen LogP) is 1.76. The standard InChI is InChI=1S/C12H24N2OS/c1-10(5-3-8-13)11(15)14-9-12(16-2)6-4-7-12/h10H,3-9,13H2,1-2H3,(H,14,15). The summed E-state index contributed by atoms with van der Waals surface area (Å²) in [5.74, 6) is 0.288. The predicted molar refractivity (Wildman–Crippen MR) is 70.6 cm³/mol. The molecule has 1 aliphatic carbocycles. The minimum atomic E-state index is 0.0996. The van der Waals surface area contributed by atoms with Gasteiger partial charge in [0, 0.05) is 17.2 Å². The van der Waals surface area contributed by atoms with Crippen molar-refractivity contribution in [1.82, 2.24) is 5.32 Å². The molecule has 0 bridgehead atoms. The number of carbonyl (C=O) groups is 1. The van der Waals surface area contributed by atoms with Gasteiger partial charge in [-0.2, -0.15) is 11.8 Å². The van der Waals surface area contributed by atoms with Crippen LogP contribution in [0.3, 0.4) is 0 Å². The monoisotopic (exact) mass is 244 g/mol. The first-order valence-corrected chi connectivity index (χ1v) is 7.39. The average Bonchev–Trinajstić information content (AvgIpc) is 2.24. The van der Waals surface area contributed by atoms with Crippen LogP contribution in [0.15, 0.2) is 0 Å². The number of hydrogen-bond donors (Lipinski definition) is 2. The maximum atomic E-state index is 11.8. The summed E-state index contributed by atoms with van der Waals surface area (Å²) in [4.78, 5) is 11.8. The van der Waals surface area contributed by atoms with Crippen molar-refractivity contribution in [2.24, 2.45) is 11.7 Å². The van der Waals surface area contributed by atoms with Gasteiger partial charge in [0.2, 0.25) is 5.91 Å².